The van der Waals surface area contributed by atoms with Gasteiger partial charge in [-0.15, -0.1) is 0 Å². The second-order valence-electron chi connectivity index (χ2n) is 6.09. The number of nitrogens with zero attached hydrogens (tertiary/aromatic N) is 1. The third kappa shape index (κ3) is 4.96. The van der Waals surface area contributed by atoms with Gasteiger partial charge in [0.15, 0.2) is 5.78 Å². The second-order valence-corrected chi connectivity index (χ2v) is 6.09. The number of aryl methyl sites for hydroxylation is 1. The van der Waals surface area contributed by atoms with Gasteiger partial charge in [0.2, 0.25) is 0 Å². The normalized spacial score (nSPS) is 11.0. The fourth-order valence-electron chi connectivity index (χ4n) is 2.75. The molecule has 0 aliphatic rings. The first-order valence-electron chi connectivity index (χ1n) is 8.68. The van der Waals surface area contributed by atoms with Crippen molar-refractivity contribution in [1.82, 2.24) is 0 Å². The van der Waals surface area contributed by atoms with Crippen LogP contribution in [0.1, 0.15) is 34.3 Å². The van der Waals surface area contributed by atoms with Gasteiger partial charge in [-0.25, -0.2) is 4.39 Å². The highest BCUT2D eigenvalue weighted by molar-refractivity contribution is 6.01. The van der Waals surface area contributed by atoms with E-state index in [9.17, 15) is 9.18 Å². The van der Waals surface area contributed by atoms with Crippen LogP contribution in [0.2, 0.25) is 0 Å². The largest absolute Gasteiger partial charge is 0.294 e. The first kappa shape index (κ1) is 17.7. The minimum Gasteiger partial charge on any atom is -0.294 e. The number of Topliss-reactive ketones (excluding diaryl/α,β-unsaturated/α-hetero) is 1. The summed E-state index contributed by atoms with van der Waals surface area (Å²) in [6, 6.07) is 23.6. The average Bonchev–Trinajstić information content (AvgIpc) is 2.68. The predicted molar refractivity (Wildman–Crippen MR) is 104 cm³/mol. The van der Waals surface area contributed by atoms with E-state index < -0.39 is 0 Å². The standard InChI is InChI=1S/C23H20FNO/c24-20-15-13-19(14-16-20)17-25-22-11-5-4-10-21(22)23(26)12-6-9-18-7-2-1-3-8-18/h1-5,7-8,10-11,13-17H,6,9,12H2/b25-17+. The number of para-hydroxylation sites is 1. The van der Waals surface area contributed by atoms with E-state index >= 15 is 0 Å². The number of rotatable bonds is 7. The minimum absolute atomic E-state index is 0.0905. The van der Waals surface area contributed by atoms with Crippen LogP contribution in [-0.2, 0) is 6.42 Å². The lowest BCUT2D eigenvalue weighted by atomic mass is 10.0. The van der Waals surface area contributed by atoms with Gasteiger partial charge in [-0.3, -0.25) is 9.79 Å². The molecule has 26 heavy (non-hydrogen) atoms. The van der Waals surface area contributed by atoms with E-state index in [0.29, 0.717) is 17.7 Å². The molecule has 2 nitrogen and oxygen atoms in total. The number of carbonyl (C=O) groups excluding carboxylic acids is 1. The molecule has 0 saturated heterocycles. The van der Waals surface area contributed by atoms with Gasteiger partial charge in [-0.1, -0.05) is 54.6 Å². The van der Waals surface area contributed by atoms with E-state index in [1.54, 1.807) is 18.3 Å². The summed E-state index contributed by atoms with van der Waals surface area (Å²) >= 11 is 0. The van der Waals surface area contributed by atoms with Crippen molar-refractivity contribution in [2.45, 2.75) is 19.3 Å². The summed E-state index contributed by atoms with van der Waals surface area (Å²) in [5, 5.41) is 0. The lowest BCUT2D eigenvalue weighted by Gasteiger charge is -2.05. The van der Waals surface area contributed by atoms with Crippen molar-refractivity contribution >= 4 is 17.7 Å². The Morgan fingerprint density at radius 1 is 0.885 bits per heavy atom. The third-order valence-electron chi connectivity index (χ3n) is 4.14. The lowest BCUT2D eigenvalue weighted by Crippen LogP contribution is -2.00. The van der Waals surface area contributed by atoms with Crippen molar-refractivity contribution < 1.29 is 9.18 Å². The van der Waals surface area contributed by atoms with Crippen LogP contribution < -0.4 is 0 Å². The molecule has 3 aromatic rings. The Morgan fingerprint density at radius 3 is 2.35 bits per heavy atom. The fourth-order valence-corrected chi connectivity index (χ4v) is 2.75. The van der Waals surface area contributed by atoms with E-state index in [1.807, 2.05) is 42.5 Å². The van der Waals surface area contributed by atoms with Crippen LogP contribution in [0.4, 0.5) is 10.1 Å². The van der Waals surface area contributed by atoms with E-state index in [4.69, 9.17) is 0 Å². The number of carbonyl (C=O) groups is 1. The molecule has 0 aliphatic carbocycles. The molecule has 0 N–H and O–H groups in total. The summed E-state index contributed by atoms with van der Waals surface area (Å²) < 4.78 is 13.0. The molecule has 0 spiro atoms. The SMILES string of the molecule is O=C(CCCc1ccccc1)c1ccccc1/N=C/c1ccc(F)cc1. The van der Waals surface area contributed by atoms with Crippen LogP contribution in [0.3, 0.4) is 0 Å². The summed E-state index contributed by atoms with van der Waals surface area (Å²) in [6.45, 7) is 0. The Balaban J connectivity index is 1.66. The van der Waals surface area contributed by atoms with E-state index in [1.165, 1.54) is 17.7 Å². The summed E-state index contributed by atoms with van der Waals surface area (Å²) in [5.74, 6) is -0.191. The van der Waals surface area contributed by atoms with Gasteiger partial charge in [0.1, 0.15) is 5.82 Å². The van der Waals surface area contributed by atoms with Crippen molar-refractivity contribution in [3.05, 3.63) is 101 Å². The Bertz CT molecular complexity index is 886. The Kier molecular flexibility index (Phi) is 6.05. The summed E-state index contributed by atoms with van der Waals surface area (Å²) in [7, 11) is 0. The molecule has 0 aromatic heterocycles. The Labute approximate surface area is 153 Å². The zero-order valence-electron chi connectivity index (χ0n) is 14.4. The van der Waals surface area contributed by atoms with Crippen molar-refractivity contribution in [3.8, 4) is 0 Å². The first-order chi connectivity index (χ1) is 12.7. The third-order valence-corrected chi connectivity index (χ3v) is 4.14. The molecule has 0 heterocycles. The molecule has 0 unspecified atom stereocenters. The van der Waals surface area contributed by atoms with E-state index in [-0.39, 0.29) is 11.6 Å². The van der Waals surface area contributed by atoms with Crippen LogP contribution in [0.15, 0.2) is 83.9 Å². The van der Waals surface area contributed by atoms with Crippen LogP contribution in [0.25, 0.3) is 0 Å². The summed E-state index contributed by atoms with van der Waals surface area (Å²) in [5.41, 5.74) is 3.29. The van der Waals surface area contributed by atoms with Crippen molar-refractivity contribution in [1.29, 1.82) is 0 Å². The maximum Gasteiger partial charge on any atom is 0.165 e. The highest BCUT2D eigenvalue weighted by atomic mass is 19.1. The van der Waals surface area contributed by atoms with Crippen molar-refractivity contribution in [2.24, 2.45) is 4.99 Å². The molecule has 0 amide bonds. The van der Waals surface area contributed by atoms with Gasteiger partial charge < -0.3 is 0 Å². The smallest absolute Gasteiger partial charge is 0.165 e. The van der Waals surface area contributed by atoms with Crippen molar-refractivity contribution in [2.75, 3.05) is 0 Å². The van der Waals surface area contributed by atoms with E-state index in [0.717, 1.165) is 18.4 Å². The Morgan fingerprint density at radius 2 is 1.58 bits per heavy atom. The molecule has 130 valence electrons. The van der Waals surface area contributed by atoms with Gasteiger partial charge in [0, 0.05) is 18.2 Å². The zero-order chi connectivity index (χ0) is 18.2. The van der Waals surface area contributed by atoms with Crippen LogP contribution in [-0.4, -0.2) is 12.0 Å². The molecule has 0 atom stereocenters. The summed E-state index contributed by atoms with van der Waals surface area (Å²) in [6.07, 6.45) is 3.82. The molecule has 0 saturated carbocycles. The average molecular weight is 345 g/mol. The molecule has 0 aliphatic heterocycles. The minimum atomic E-state index is -0.281. The number of halogens is 1. The monoisotopic (exact) mass is 345 g/mol. The number of hydrogen-bond donors (Lipinski definition) is 0. The van der Waals surface area contributed by atoms with Gasteiger partial charge in [0.05, 0.1) is 5.69 Å². The van der Waals surface area contributed by atoms with Crippen molar-refractivity contribution in [3.63, 3.8) is 0 Å². The number of hydrogen-bond acceptors (Lipinski definition) is 2. The van der Waals surface area contributed by atoms with Gasteiger partial charge in [-0.05, 0) is 48.2 Å². The maximum atomic E-state index is 13.0. The van der Waals surface area contributed by atoms with Crippen LogP contribution in [0, 0.1) is 5.82 Å². The summed E-state index contributed by atoms with van der Waals surface area (Å²) in [4.78, 5) is 17.0. The number of benzene rings is 3. The number of ketones is 1. The second kappa shape index (κ2) is 8.86. The Hall–Kier alpha value is -3.07. The molecule has 3 rings (SSSR count). The molecule has 0 bridgehead atoms. The van der Waals surface area contributed by atoms with Gasteiger partial charge in [0.25, 0.3) is 0 Å². The number of aliphatic imine (C=N–C) groups is 1. The fraction of sp³-hybridized carbons (Fsp3) is 0.130. The maximum absolute atomic E-state index is 13.0. The van der Waals surface area contributed by atoms with Crippen LogP contribution in [0.5, 0.6) is 0 Å². The molecule has 0 radical (unpaired) electrons. The topological polar surface area (TPSA) is 29.4 Å². The lowest BCUT2D eigenvalue weighted by molar-refractivity contribution is 0.0981. The van der Waals surface area contributed by atoms with Gasteiger partial charge >= 0.3 is 0 Å². The van der Waals surface area contributed by atoms with E-state index in [2.05, 4.69) is 17.1 Å². The zero-order valence-corrected chi connectivity index (χ0v) is 14.4. The molecule has 3 heteroatoms. The van der Waals surface area contributed by atoms with Crippen LogP contribution >= 0.6 is 0 Å². The van der Waals surface area contributed by atoms with Gasteiger partial charge in [-0.2, -0.15) is 0 Å². The first-order valence-corrected chi connectivity index (χ1v) is 8.68. The quantitative estimate of drug-likeness (QED) is 0.394. The highest BCUT2D eigenvalue weighted by Crippen LogP contribution is 2.21. The predicted octanol–water partition coefficient (Wildman–Crippen LogP) is 5.78. The highest BCUT2D eigenvalue weighted by Gasteiger charge is 2.10. The molecular formula is C23H20FNO. The molecule has 3 aromatic carbocycles. The molecule has 0 fully saturated rings. The molecular weight excluding hydrogens is 325 g/mol.